The molecule has 2 N–H and O–H groups in total. The molecule has 2 saturated carbocycles. The molecule has 3 heterocycles. The molecule has 11 nitrogen and oxygen atoms in total. The summed E-state index contributed by atoms with van der Waals surface area (Å²) in [4.78, 5) is 40.0. The highest BCUT2D eigenvalue weighted by Crippen LogP contribution is 2.41. The number of amides is 3. The Labute approximate surface area is 242 Å². The zero-order chi connectivity index (χ0) is 28.5. The van der Waals surface area contributed by atoms with Gasteiger partial charge >= 0.3 is 6.03 Å². The number of carbonyl (C=O) groups excluding carboxylic acids is 2. The molecular weight excluding hydrogens is 520 g/mol. The van der Waals surface area contributed by atoms with Gasteiger partial charge < -0.3 is 20.3 Å². The van der Waals surface area contributed by atoms with E-state index in [-0.39, 0.29) is 24.0 Å². The summed E-state index contributed by atoms with van der Waals surface area (Å²) >= 11 is 0. The smallest absolute Gasteiger partial charge is 0.343 e. The third kappa shape index (κ3) is 5.64. The van der Waals surface area contributed by atoms with Gasteiger partial charge in [-0.3, -0.25) is 14.7 Å². The lowest BCUT2D eigenvalue weighted by atomic mass is 9.85. The Bertz CT molecular complexity index is 1270. The van der Waals surface area contributed by atoms with E-state index in [9.17, 15) is 9.59 Å². The summed E-state index contributed by atoms with van der Waals surface area (Å²) in [6.07, 6.45) is 11.6. The lowest BCUT2D eigenvalue weighted by Crippen LogP contribution is -2.60. The number of likely N-dealkylation sites (tertiary alicyclic amines) is 1. The molecule has 0 spiro atoms. The molecule has 0 radical (unpaired) electrons. The van der Waals surface area contributed by atoms with Crippen molar-refractivity contribution in [3.8, 4) is 5.75 Å². The number of hydrazine groups is 1. The molecule has 11 heteroatoms. The van der Waals surface area contributed by atoms with Gasteiger partial charge in [-0.2, -0.15) is 4.98 Å². The number of carbonyl (C=O) groups is 2. The minimum Gasteiger partial charge on any atom is -0.495 e. The lowest BCUT2D eigenvalue weighted by molar-refractivity contribution is 0.0916. The van der Waals surface area contributed by atoms with Crippen molar-refractivity contribution in [2.45, 2.75) is 69.9 Å². The average molecular weight is 563 g/mol. The van der Waals surface area contributed by atoms with Gasteiger partial charge in [-0.25, -0.2) is 14.8 Å². The van der Waals surface area contributed by atoms with Crippen LogP contribution in [0.2, 0.25) is 0 Å². The van der Waals surface area contributed by atoms with Crippen molar-refractivity contribution in [1.82, 2.24) is 25.2 Å². The zero-order valence-corrected chi connectivity index (χ0v) is 24.4. The Morgan fingerprint density at radius 3 is 2.49 bits per heavy atom. The summed E-state index contributed by atoms with van der Waals surface area (Å²) < 4.78 is 5.66. The van der Waals surface area contributed by atoms with Crippen LogP contribution in [0.5, 0.6) is 5.75 Å². The van der Waals surface area contributed by atoms with Gasteiger partial charge in [0.1, 0.15) is 11.4 Å². The number of nitrogens with zero attached hydrogens (tertiary/aromatic N) is 6. The second kappa shape index (κ2) is 11.7. The maximum Gasteiger partial charge on any atom is 0.343 e. The first-order chi connectivity index (χ1) is 19.9. The molecule has 0 unspecified atom stereocenters. The minimum absolute atomic E-state index is 0.0172. The van der Waals surface area contributed by atoms with Gasteiger partial charge in [-0.05, 0) is 82.8 Å². The van der Waals surface area contributed by atoms with Crippen molar-refractivity contribution in [3.05, 3.63) is 30.0 Å². The number of rotatable bonds is 8. The fourth-order valence-electron chi connectivity index (χ4n) is 6.40. The molecule has 2 aliphatic carbocycles. The lowest BCUT2D eigenvalue weighted by Gasteiger charge is -2.48. The van der Waals surface area contributed by atoms with Gasteiger partial charge in [0.2, 0.25) is 5.95 Å². The Morgan fingerprint density at radius 1 is 1.05 bits per heavy atom. The topological polar surface area (TPSA) is 106 Å². The van der Waals surface area contributed by atoms with E-state index < -0.39 is 0 Å². The van der Waals surface area contributed by atoms with Gasteiger partial charge in [-0.15, -0.1) is 0 Å². The maximum absolute atomic E-state index is 13.5. The number of methoxy groups -OCH3 is 1. The summed E-state index contributed by atoms with van der Waals surface area (Å²) in [6.45, 7) is 2.69. The number of hydrogen-bond donors (Lipinski definition) is 2. The largest absolute Gasteiger partial charge is 0.495 e. The number of nitrogens with one attached hydrogen (secondary N) is 2. The second-order valence-electron chi connectivity index (χ2n) is 12.0. The number of piperidine rings is 1. The first kappa shape index (κ1) is 27.6. The van der Waals surface area contributed by atoms with Gasteiger partial charge in [-0.1, -0.05) is 19.3 Å². The van der Waals surface area contributed by atoms with Gasteiger partial charge in [0.25, 0.3) is 5.91 Å². The molecular formula is C30H42N8O3. The van der Waals surface area contributed by atoms with Crippen LogP contribution in [0.15, 0.2) is 24.4 Å². The van der Waals surface area contributed by atoms with Crippen molar-refractivity contribution in [1.29, 1.82) is 0 Å². The number of ether oxygens (including phenoxy) is 1. The predicted octanol–water partition coefficient (Wildman–Crippen LogP) is 4.39. The van der Waals surface area contributed by atoms with Crippen LogP contribution in [-0.4, -0.2) is 84.7 Å². The number of urea groups is 1. The van der Waals surface area contributed by atoms with Crippen molar-refractivity contribution in [2.24, 2.45) is 5.92 Å². The average Bonchev–Trinajstić information content (AvgIpc) is 3.49. The van der Waals surface area contributed by atoms with Gasteiger partial charge in [0.05, 0.1) is 25.0 Å². The Hall–Kier alpha value is -3.60. The van der Waals surface area contributed by atoms with Crippen molar-refractivity contribution in [3.63, 3.8) is 0 Å². The summed E-state index contributed by atoms with van der Waals surface area (Å²) in [7, 11) is 5.50. The van der Waals surface area contributed by atoms with E-state index in [1.807, 2.05) is 11.1 Å². The SMILES string of the molecule is COc1cc(C(=O)NC2CCN(C)CC2)ccc1Nc1ncc2c(n1)N(C1CCCC1)N(CC1CCC1)C(=O)N2C. The predicted molar refractivity (Wildman–Crippen MR) is 159 cm³/mol. The van der Waals surface area contributed by atoms with Crippen LogP contribution in [0.4, 0.5) is 27.9 Å². The van der Waals surface area contributed by atoms with Crippen molar-refractivity contribution < 1.29 is 14.3 Å². The molecule has 3 amide bonds. The van der Waals surface area contributed by atoms with Crippen LogP contribution in [0.25, 0.3) is 0 Å². The van der Waals surface area contributed by atoms with Gasteiger partial charge in [0, 0.05) is 25.2 Å². The number of aromatic nitrogens is 2. The first-order valence-corrected chi connectivity index (χ1v) is 15.1. The summed E-state index contributed by atoms with van der Waals surface area (Å²) in [6, 6.07) is 5.79. The van der Waals surface area contributed by atoms with E-state index >= 15 is 0 Å². The van der Waals surface area contributed by atoms with Crippen LogP contribution in [-0.2, 0) is 0 Å². The highest BCUT2D eigenvalue weighted by atomic mass is 16.5. The quantitative estimate of drug-likeness (QED) is 0.488. The first-order valence-electron chi connectivity index (χ1n) is 15.1. The van der Waals surface area contributed by atoms with Crippen LogP contribution < -0.4 is 25.3 Å². The van der Waals surface area contributed by atoms with Crippen LogP contribution in [0.3, 0.4) is 0 Å². The van der Waals surface area contributed by atoms with Gasteiger partial charge in [0.15, 0.2) is 5.82 Å². The van der Waals surface area contributed by atoms with Crippen LogP contribution in [0.1, 0.15) is 68.1 Å². The standard InChI is InChI=1S/C30H42N8O3/c1-35-15-13-22(14-16-35)32-28(39)21-11-12-24(26(17-21)41-3)33-29-31-18-25-27(34-29)38(23-9-4-5-10-23)37(30(40)36(25)2)19-20-7-6-8-20/h11-12,17-18,20,22-23H,4-10,13-16,19H2,1-3H3,(H,32,39)(H,31,33,34). The van der Waals surface area contributed by atoms with E-state index in [0.717, 1.165) is 64.0 Å². The monoisotopic (exact) mass is 562 g/mol. The summed E-state index contributed by atoms with van der Waals surface area (Å²) in [5, 5.41) is 10.6. The third-order valence-corrected chi connectivity index (χ3v) is 9.19. The fraction of sp³-hybridized carbons (Fsp3) is 0.600. The molecule has 1 aromatic carbocycles. The Balaban J connectivity index is 1.24. The minimum atomic E-state index is -0.0964. The molecule has 1 saturated heterocycles. The molecule has 3 fully saturated rings. The summed E-state index contributed by atoms with van der Waals surface area (Å²) in [5.74, 6) is 2.15. The van der Waals surface area contributed by atoms with Crippen LogP contribution in [0, 0.1) is 5.92 Å². The zero-order valence-electron chi connectivity index (χ0n) is 24.4. The number of hydrogen-bond acceptors (Lipinski definition) is 8. The maximum atomic E-state index is 13.5. The highest BCUT2D eigenvalue weighted by Gasteiger charge is 2.41. The molecule has 2 aliphatic heterocycles. The molecule has 6 rings (SSSR count). The van der Waals surface area contributed by atoms with Crippen LogP contribution >= 0.6 is 0 Å². The van der Waals surface area contributed by atoms with E-state index in [2.05, 4.69) is 32.6 Å². The highest BCUT2D eigenvalue weighted by molar-refractivity contribution is 5.99. The molecule has 4 aliphatic rings. The Morgan fingerprint density at radius 2 is 1.80 bits per heavy atom. The molecule has 41 heavy (non-hydrogen) atoms. The second-order valence-corrected chi connectivity index (χ2v) is 12.0. The van der Waals surface area contributed by atoms with Crippen molar-refractivity contribution in [2.75, 3.05) is 56.1 Å². The normalized spacial score (nSPS) is 20.7. The van der Waals surface area contributed by atoms with E-state index in [1.54, 1.807) is 37.4 Å². The van der Waals surface area contributed by atoms with E-state index in [0.29, 0.717) is 34.6 Å². The molecule has 1 aromatic heterocycles. The molecule has 0 bridgehead atoms. The Kier molecular flexibility index (Phi) is 7.88. The number of fused-ring (bicyclic) bond motifs is 1. The molecule has 0 atom stereocenters. The molecule has 220 valence electrons. The number of benzene rings is 1. The van der Waals surface area contributed by atoms with E-state index in [1.165, 1.54) is 19.3 Å². The third-order valence-electron chi connectivity index (χ3n) is 9.19. The molecule has 2 aromatic rings. The fourth-order valence-corrected chi connectivity index (χ4v) is 6.40. The van der Waals surface area contributed by atoms with E-state index in [4.69, 9.17) is 9.72 Å². The van der Waals surface area contributed by atoms with Crippen molar-refractivity contribution >= 4 is 35.1 Å². The summed E-state index contributed by atoms with van der Waals surface area (Å²) in [5.41, 5.74) is 1.93. The number of anilines is 4.